The molecule has 1 unspecified atom stereocenters. The molecule has 196 valence electrons. The molecule has 1 aliphatic carbocycles. The smallest absolute Gasteiger partial charge is 0.255 e. The third kappa shape index (κ3) is 4.55. The molecule has 2 aromatic carbocycles. The second-order valence-electron chi connectivity index (χ2n) is 10.7. The lowest BCUT2D eigenvalue weighted by Crippen LogP contribution is -2.57. The molecule has 3 atom stereocenters. The summed E-state index contributed by atoms with van der Waals surface area (Å²) >= 11 is 6.46. The van der Waals surface area contributed by atoms with Gasteiger partial charge in [-0.15, -0.1) is 0 Å². The molecule has 6 rings (SSSR count). The lowest BCUT2D eigenvalue weighted by atomic mass is 9.84. The number of rotatable bonds is 5. The maximum Gasteiger partial charge on any atom is 0.255 e. The fraction of sp³-hybridized carbons (Fsp3) is 0.448. The Hall–Kier alpha value is -3.41. The van der Waals surface area contributed by atoms with Crippen LogP contribution in [0, 0.1) is 11.3 Å². The summed E-state index contributed by atoms with van der Waals surface area (Å²) in [6.07, 6.45) is 4.98. The first-order valence-corrected chi connectivity index (χ1v) is 13.7. The van der Waals surface area contributed by atoms with Crippen LogP contribution in [-0.2, 0) is 16.1 Å². The molecular formula is C29H29ClN4O4. The van der Waals surface area contributed by atoms with Gasteiger partial charge < -0.3 is 9.64 Å². The third-order valence-electron chi connectivity index (χ3n) is 8.40. The molecule has 9 heteroatoms. The summed E-state index contributed by atoms with van der Waals surface area (Å²) in [7, 11) is 0. The van der Waals surface area contributed by atoms with Crippen LogP contribution in [0.25, 0.3) is 0 Å². The highest BCUT2D eigenvalue weighted by atomic mass is 35.5. The van der Waals surface area contributed by atoms with Gasteiger partial charge in [-0.1, -0.05) is 24.1 Å². The number of piperidine rings is 1. The fourth-order valence-corrected chi connectivity index (χ4v) is 6.67. The molecule has 0 bridgehead atoms. The number of nitrogens with one attached hydrogen (secondary N) is 1. The van der Waals surface area contributed by atoms with E-state index in [1.807, 2.05) is 24.3 Å². The van der Waals surface area contributed by atoms with Gasteiger partial charge in [-0.2, -0.15) is 5.26 Å². The highest BCUT2D eigenvalue weighted by molar-refractivity contribution is 6.31. The molecular weight excluding hydrogens is 504 g/mol. The van der Waals surface area contributed by atoms with Crippen molar-refractivity contribution in [2.75, 3.05) is 13.1 Å². The van der Waals surface area contributed by atoms with E-state index in [4.69, 9.17) is 21.6 Å². The summed E-state index contributed by atoms with van der Waals surface area (Å²) in [5.41, 5.74) is 3.11. The second-order valence-corrected chi connectivity index (χ2v) is 11.1. The molecule has 38 heavy (non-hydrogen) atoms. The number of ether oxygens (including phenoxy) is 1. The van der Waals surface area contributed by atoms with Crippen LogP contribution in [0.5, 0.6) is 5.75 Å². The highest BCUT2D eigenvalue weighted by Crippen LogP contribution is 2.38. The van der Waals surface area contributed by atoms with E-state index >= 15 is 0 Å². The Morgan fingerprint density at radius 1 is 1.03 bits per heavy atom. The molecule has 3 aliphatic heterocycles. The summed E-state index contributed by atoms with van der Waals surface area (Å²) in [6.45, 7) is 2.16. The topological polar surface area (TPSA) is 103 Å². The zero-order chi connectivity index (χ0) is 26.4. The van der Waals surface area contributed by atoms with Crippen molar-refractivity contribution >= 4 is 29.3 Å². The third-order valence-corrected chi connectivity index (χ3v) is 8.73. The number of nitriles is 1. The van der Waals surface area contributed by atoms with Gasteiger partial charge in [0.05, 0.1) is 11.6 Å². The lowest BCUT2D eigenvalue weighted by molar-refractivity contribution is -0.136. The van der Waals surface area contributed by atoms with Crippen LogP contribution in [-0.4, -0.2) is 58.8 Å². The van der Waals surface area contributed by atoms with Gasteiger partial charge in [0.25, 0.3) is 5.91 Å². The van der Waals surface area contributed by atoms with Crippen LogP contribution in [0.2, 0.25) is 5.02 Å². The van der Waals surface area contributed by atoms with Crippen LogP contribution >= 0.6 is 11.6 Å². The second kappa shape index (κ2) is 10.0. The van der Waals surface area contributed by atoms with Crippen LogP contribution < -0.4 is 10.1 Å². The van der Waals surface area contributed by atoms with Gasteiger partial charge >= 0.3 is 0 Å². The summed E-state index contributed by atoms with van der Waals surface area (Å²) < 4.78 is 6.54. The Morgan fingerprint density at radius 3 is 2.61 bits per heavy atom. The first-order valence-electron chi connectivity index (χ1n) is 13.3. The van der Waals surface area contributed by atoms with Gasteiger partial charge in [0.1, 0.15) is 17.9 Å². The van der Waals surface area contributed by atoms with Crippen LogP contribution in [0.3, 0.4) is 0 Å². The molecule has 3 heterocycles. The molecule has 8 nitrogen and oxygen atoms in total. The van der Waals surface area contributed by atoms with E-state index in [1.54, 1.807) is 17.0 Å². The van der Waals surface area contributed by atoms with E-state index in [1.165, 1.54) is 6.42 Å². The summed E-state index contributed by atoms with van der Waals surface area (Å²) in [6, 6.07) is 13.0. The van der Waals surface area contributed by atoms with Crippen LogP contribution in [0.1, 0.15) is 71.5 Å². The van der Waals surface area contributed by atoms with E-state index in [0.717, 1.165) is 49.2 Å². The Kier molecular flexibility index (Phi) is 6.58. The number of imide groups is 1. The number of nitrogens with zero attached hydrogens (tertiary/aromatic N) is 3. The number of hydrogen-bond acceptors (Lipinski definition) is 6. The van der Waals surface area contributed by atoms with Crippen molar-refractivity contribution in [1.29, 1.82) is 5.26 Å². The molecule has 4 aliphatic rings. The van der Waals surface area contributed by atoms with Crippen molar-refractivity contribution in [3.63, 3.8) is 0 Å². The molecule has 0 spiro atoms. The van der Waals surface area contributed by atoms with Gasteiger partial charge in [0.2, 0.25) is 11.8 Å². The number of carbonyl (C=O) groups is 3. The van der Waals surface area contributed by atoms with Gasteiger partial charge in [-0.3, -0.25) is 24.6 Å². The lowest BCUT2D eigenvalue weighted by Gasteiger charge is -2.48. The maximum absolute atomic E-state index is 13.0. The van der Waals surface area contributed by atoms with Gasteiger partial charge in [0, 0.05) is 48.6 Å². The van der Waals surface area contributed by atoms with Crippen molar-refractivity contribution in [2.24, 2.45) is 0 Å². The van der Waals surface area contributed by atoms with Crippen LogP contribution in [0.15, 0.2) is 36.4 Å². The zero-order valence-electron chi connectivity index (χ0n) is 21.0. The van der Waals surface area contributed by atoms with Crippen molar-refractivity contribution < 1.29 is 19.1 Å². The number of carbonyl (C=O) groups excluding carboxylic acids is 3. The SMILES string of the molecule is N#Cc1ccc(C2CN([C@H]3CCCC[C@@H]3Oc3ccc4c(c3)CN(C3CCC(=O)NC3=O)C4=O)C2)c(Cl)c1. The Bertz CT molecular complexity index is 1350. The maximum atomic E-state index is 13.0. The molecule has 1 saturated carbocycles. The highest BCUT2D eigenvalue weighted by Gasteiger charge is 2.41. The zero-order valence-corrected chi connectivity index (χ0v) is 21.7. The number of benzene rings is 2. The van der Waals surface area contributed by atoms with Crippen molar-refractivity contribution in [1.82, 2.24) is 15.1 Å². The first-order chi connectivity index (χ1) is 18.4. The summed E-state index contributed by atoms with van der Waals surface area (Å²) in [5, 5.41) is 12.1. The first kappa shape index (κ1) is 24.9. The number of halogens is 1. The van der Waals surface area contributed by atoms with Crippen LogP contribution in [0.4, 0.5) is 0 Å². The van der Waals surface area contributed by atoms with Crippen molar-refractivity contribution in [2.45, 2.75) is 69.2 Å². The monoisotopic (exact) mass is 532 g/mol. The average molecular weight is 533 g/mol. The minimum absolute atomic E-state index is 0.0579. The molecule has 1 N–H and O–H groups in total. The average Bonchev–Trinajstić information content (AvgIpc) is 3.20. The predicted molar refractivity (Wildman–Crippen MR) is 140 cm³/mol. The molecule has 0 radical (unpaired) electrons. The van der Waals surface area contributed by atoms with Crippen molar-refractivity contribution in [3.05, 3.63) is 63.7 Å². The largest absolute Gasteiger partial charge is 0.489 e. The molecule has 0 aromatic heterocycles. The Labute approximate surface area is 226 Å². The molecule has 2 saturated heterocycles. The van der Waals surface area contributed by atoms with E-state index in [2.05, 4.69) is 16.3 Å². The van der Waals surface area contributed by atoms with E-state index in [9.17, 15) is 14.4 Å². The fourth-order valence-electron chi connectivity index (χ4n) is 6.34. The minimum atomic E-state index is -0.622. The van der Waals surface area contributed by atoms with Gasteiger partial charge in [-0.05, 0) is 67.1 Å². The summed E-state index contributed by atoms with van der Waals surface area (Å²) in [5.74, 6) is 0.221. The number of likely N-dealkylation sites (tertiary alicyclic amines) is 1. The molecule has 2 aromatic rings. The van der Waals surface area contributed by atoms with E-state index < -0.39 is 11.9 Å². The standard InChI is InChI=1S/C29H29ClN4O4/c30-23-11-17(13-31)5-7-21(23)19-14-33(15-19)24-3-1-2-4-26(24)38-20-6-8-22-18(12-20)16-34(29(22)37)25-9-10-27(35)32-28(25)36/h5-8,11-12,19,24-26H,1-4,9-10,14-16H2,(H,32,35,36)/t24-,25?,26-/m0/s1. The van der Waals surface area contributed by atoms with E-state index in [0.29, 0.717) is 41.1 Å². The quantitative estimate of drug-likeness (QED) is 0.588. The number of amides is 3. The normalized spacial score (nSPS) is 25.9. The summed E-state index contributed by atoms with van der Waals surface area (Å²) in [4.78, 5) is 40.9. The predicted octanol–water partition coefficient (Wildman–Crippen LogP) is 3.76. The molecule has 3 fully saturated rings. The number of hydrogen-bond donors (Lipinski definition) is 1. The van der Waals surface area contributed by atoms with E-state index in [-0.39, 0.29) is 24.3 Å². The molecule has 3 amide bonds. The van der Waals surface area contributed by atoms with Gasteiger partial charge in [-0.25, -0.2) is 0 Å². The minimum Gasteiger partial charge on any atom is -0.489 e. The Morgan fingerprint density at radius 2 is 1.84 bits per heavy atom. The van der Waals surface area contributed by atoms with Crippen molar-refractivity contribution in [3.8, 4) is 11.8 Å². The number of fused-ring (bicyclic) bond motifs is 1. The Balaban J connectivity index is 1.11. The van der Waals surface area contributed by atoms with Gasteiger partial charge in [0.15, 0.2) is 0 Å².